The van der Waals surface area contributed by atoms with Crippen molar-refractivity contribution in [3.05, 3.63) is 0 Å². The predicted molar refractivity (Wildman–Crippen MR) is 126 cm³/mol. The minimum atomic E-state index is 0.149. The first kappa shape index (κ1) is 27.7. The van der Waals surface area contributed by atoms with Crippen LogP contribution in [-0.2, 0) is 4.79 Å². The van der Waals surface area contributed by atoms with Crippen LogP contribution >= 0.6 is 0 Å². The molecule has 6 nitrogen and oxygen atoms in total. The second kappa shape index (κ2) is 23.0. The fourth-order valence-electron chi connectivity index (χ4n) is 3.37. The predicted octanol–water partition coefficient (Wildman–Crippen LogP) is 4.23. The molecule has 6 N–H and O–H groups in total. The second-order valence-corrected chi connectivity index (χ2v) is 8.11. The summed E-state index contributed by atoms with van der Waals surface area (Å²) >= 11 is 0. The molecule has 0 atom stereocenters. The summed E-state index contributed by atoms with van der Waals surface area (Å²) in [4.78, 5) is 15.7. The summed E-state index contributed by atoms with van der Waals surface area (Å²) in [6.07, 6.45) is 19.9. The van der Waals surface area contributed by atoms with Gasteiger partial charge >= 0.3 is 0 Å². The van der Waals surface area contributed by atoms with E-state index in [1.165, 1.54) is 77.0 Å². The lowest BCUT2D eigenvalue weighted by Crippen LogP contribution is -2.27. The van der Waals surface area contributed by atoms with E-state index in [0.29, 0.717) is 13.0 Å². The van der Waals surface area contributed by atoms with Crippen LogP contribution in [0.2, 0.25) is 0 Å². The first-order valence-corrected chi connectivity index (χ1v) is 12.2. The summed E-state index contributed by atoms with van der Waals surface area (Å²) in [5, 5.41) is 6.34. The van der Waals surface area contributed by atoms with Gasteiger partial charge in [0.25, 0.3) is 0 Å². The Labute approximate surface area is 180 Å². The second-order valence-electron chi connectivity index (χ2n) is 8.11. The number of unbranched alkanes of at least 4 members (excludes halogenated alkanes) is 12. The average Bonchev–Trinajstić information content (AvgIpc) is 2.70. The van der Waals surface area contributed by atoms with Crippen LogP contribution in [0, 0.1) is 0 Å². The molecule has 0 aromatic rings. The monoisotopic (exact) mass is 411 g/mol. The lowest BCUT2D eigenvalue weighted by molar-refractivity contribution is -0.121. The summed E-state index contributed by atoms with van der Waals surface area (Å²) in [6, 6.07) is 0. The molecule has 0 aliphatic heterocycles. The van der Waals surface area contributed by atoms with Crippen LogP contribution in [0.3, 0.4) is 0 Å². The fraction of sp³-hybridized carbons (Fsp3) is 0.913. The lowest BCUT2D eigenvalue weighted by atomic mass is 10.0. The highest BCUT2D eigenvalue weighted by molar-refractivity contribution is 5.76. The molecule has 0 heterocycles. The van der Waals surface area contributed by atoms with Crippen molar-refractivity contribution in [1.82, 2.24) is 10.6 Å². The van der Waals surface area contributed by atoms with E-state index in [9.17, 15) is 4.79 Å². The van der Waals surface area contributed by atoms with Crippen molar-refractivity contribution in [2.75, 3.05) is 26.2 Å². The highest BCUT2D eigenvalue weighted by atomic mass is 16.1. The maximum Gasteiger partial charge on any atom is 0.219 e. The van der Waals surface area contributed by atoms with E-state index in [1.807, 2.05) is 0 Å². The molecule has 0 radical (unpaired) electrons. The van der Waals surface area contributed by atoms with Crippen LogP contribution in [0.5, 0.6) is 0 Å². The third-order valence-corrected chi connectivity index (χ3v) is 5.17. The molecular formula is C23H49N5O. The number of hydrogen-bond donors (Lipinski definition) is 4. The number of hydrogen-bond acceptors (Lipinski definition) is 3. The van der Waals surface area contributed by atoms with E-state index in [0.717, 1.165) is 38.9 Å². The van der Waals surface area contributed by atoms with Gasteiger partial charge in [-0.2, -0.15) is 0 Å². The number of nitrogens with two attached hydrogens (primary N) is 2. The average molecular weight is 412 g/mol. The Morgan fingerprint density at radius 2 is 1.21 bits per heavy atom. The van der Waals surface area contributed by atoms with Crippen molar-refractivity contribution >= 4 is 11.9 Å². The Morgan fingerprint density at radius 3 is 1.76 bits per heavy atom. The maximum atomic E-state index is 11.8. The van der Waals surface area contributed by atoms with E-state index in [2.05, 4.69) is 22.5 Å². The van der Waals surface area contributed by atoms with Crippen molar-refractivity contribution in [3.63, 3.8) is 0 Å². The number of carbonyl (C=O) groups is 1. The number of amides is 1. The van der Waals surface area contributed by atoms with Crippen molar-refractivity contribution < 1.29 is 4.79 Å². The van der Waals surface area contributed by atoms with Crippen LogP contribution in [-0.4, -0.2) is 38.0 Å². The molecule has 0 fully saturated rings. The van der Waals surface area contributed by atoms with Gasteiger partial charge in [0.15, 0.2) is 5.96 Å². The molecule has 1 amide bonds. The highest BCUT2D eigenvalue weighted by Gasteiger charge is 2.00. The molecule has 0 spiro atoms. The van der Waals surface area contributed by atoms with E-state index in [-0.39, 0.29) is 11.9 Å². The quantitative estimate of drug-likeness (QED) is 0.121. The first-order valence-electron chi connectivity index (χ1n) is 12.2. The van der Waals surface area contributed by atoms with Crippen molar-refractivity contribution in [1.29, 1.82) is 0 Å². The standard InChI is InChI=1S/C23H49N5O/c1-2-3-4-5-6-7-8-9-10-11-12-13-14-17-22(29)27-20-15-18-26-19-16-21-28-23(24)25/h26H,2-21H2,1H3,(H,27,29)(H4,24,25,28). The highest BCUT2D eigenvalue weighted by Crippen LogP contribution is 2.12. The summed E-state index contributed by atoms with van der Waals surface area (Å²) in [6.45, 7) is 5.47. The number of aliphatic imine (C=N–C) groups is 1. The smallest absolute Gasteiger partial charge is 0.219 e. The normalized spacial score (nSPS) is 10.8. The largest absolute Gasteiger partial charge is 0.370 e. The van der Waals surface area contributed by atoms with Gasteiger partial charge in [0, 0.05) is 19.5 Å². The molecule has 0 saturated carbocycles. The zero-order chi connectivity index (χ0) is 21.4. The van der Waals surface area contributed by atoms with Crippen LogP contribution in [0.1, 0.15) is 110 Å². The van der Waals surface area contributed by atoms with Gasteiger partial charge in [0.1, 0.15) is 0 Å². The molecule has 0 aliphatic carbocycles. The van der Waals surface area contributed by atoms with Gasteiger partial charge in [-0.25, -0.2) is 0 Å². The van der Waals surface area contributed by atoms with Crippen LogP contribution < -0.4 is 22.1 Å². The van der Waals surface area contributed by atoms with Crippen LogP contribution in [0.15, 0.2) is 4.99 Å². The maximum absolute atomic E-state index is 11.8. The molecule has 29 heavy (non-hydrogen) atoms. The first-order chi connectivity index (χ1) is 14.2. The number of nitrogens with one attached hydrogen (secondary N) is 2. The third kappa shape index (κ3) is 24.7. The summed E-state index contributed by atoms with van der Waals surface area (Å²) in [7, 11) is 0. The minimum Gasteiger partial charge on any atom is -0.370 e. The Balaban J connectivity index is 3.18. The molecule has 172 valence electrons. The number of rotatable bonds is 22. The Morgan fingerprint density at radius 1 is 0.690 bits per heavy atom. The van der Waals surface area contributed by atoms with E-state index >= 15 is 0 Å². The molecular weight excluding hydrogens is 362 g/mol. The van der Waals surface area contributed by atoms with E-state index in [1.54, 1.807) is 0 Å². The molecule has 0 aromatic carbocycles. The summed E-state index contributed by atoms with van der Waals surface area (Å²) in [5.74, 6) is 0.344. The Hall–Kier alpha value is -1.30. The number of guanidine groups is 1. The lowest BCUT2D eigenvalue weighted by Gasteiger charge is -2.06. The number of carbonyl (C=O) groups excluding carboxylic acids is 1. The van der Waals surface area contributed by atoms with E-state index < -0.39 is 0 Å². The van der Waals surface area contributed by atoms with Gasteiger partial charge in [0.2, 0.25) is 5.91 Å². The zero-order valence-corrected chi connectivity index (χ0v) is 19.2. The van der Waals surface area contributed by atoms with Crippen molar-refractivity contribution in [2.45, 2.75) is 110 Å². The van der Waals surface area contributed by atoms with Crippen molar-refractivity contribution in [2.24, 2.45) is 16.5 Å². The topological polar surface area (TPSA) is 106 Å². The molecule has 6 heteroatoms. The number of nitrogens with zero attached hydrogens (tertiary/aromatic N) is 1. The van der Waals surface area contributed by atoms with E-state index in [4.69, 9.17) is 11.5 Å². The fourth-order valence-corrected chi connectivity index (χ4v) is 3.37. The van der Waals surface area contributed by atoms with Gasteiger partial charge in [-0.15, -0.1) is 0 Å². The minimum absolute atomic E-state index is 0.149. The Kier molecular flexibility index (Phi) is 22.0. The zero-order valence-electron chi connectivity index (χ0n) is 19.2. The van der Waals surface area contributed by atoms with Crippen molar-refractivity contribution in [3.8, 4) is 0 Å². The van der Waals surface area contributed by atoms with Gasteiger partial charge in [-0.3, -0.25) is 9.79 Å². The summed E-state index contributed by atoms with van der Waals surface area (Å²) < 4.78 is 0. The molecule has 0 unspecified atom stereocenters. The molecule has 0 aromatic heterocycles. The third-order valence-electron chi connectivity index (χ3n) is 5.17. The summed E-state index contributed by atoms with van der Waals surface area (Å²) in [5.41, 5.74) is 10.5. The van der Waals surface area contributed by atoms with Gasteiger partial charge in [0.05, 0.1) is 0 Å². The van der Waals surface area contributed by atoms with Crippen LogP contribution in [0.4, 0.5) is 0 Å². The van der Waals surface area contributed by atoms with Gasteiger partial charge in [-0.05, 0) is 32.4 Å². The van der Waals surface area contributed by atoms with Gasteiger partial charge < -0.3 is 22.1 Å². The Bertz CT molecular complexity index is 383. The molecule has 0 aliphatic rings. The SMILES string of the molecule is CCCCCCCCCCCCCCCC(=O)NCCCNCCCN=C(N)N. The molecule has 0 saturated heterocycles. The molecule has 0 rings (SSSR count). The van der Waals surface area contributed by atoms with Crippen LogP contribution in [0.25, 0.3) is 0 Å². The molecule has 0 bridgehead atoms. The van der Waals surface area contributed by atoms with Gasteiger partial charge in [-0.1, -0.05) is 84.0 Å².